The fraction of sp³-hybridized carbons (Fsp3) is 0.688. The van der Waals surface area contributed by atoms with E-state index in [2.05, 4.69) is 57.9 Å². The molecule has 1 heterocycles. The molecule has 0 aromatic carbocycles. The predicted octanol–water partition coefficient (Wildman–Crippen LogP) is 3.74. The second-order valence-corrected chi connectivity index (χ2v) is 6.13. The Balaban J connectivity index is 2.84. The van der Waals surface area contributed by atoms with E-state index in [-0.39, 0.29) is 0 Å². The molecule has 3 nitrogen and oxygen atoms in total. The first-order chi connectivity index (χ1) is 8.88. The van der Waals surface area contributed by atoms with Crippen LogP contribution in [-0.4, -0.2) is 17.6 Å². The minimum absolute atomic E-state index is 0.417. The topological polar surface area (TPSA) is 34.1 Å². The first kappa shape index (κ1) is 16.0. The van der Waals surface area contributed by atoms with Crippen LogP contribution in [0.3, 0.4) is 0 Å². The van der Waals surface area contributed by atoms with Gasteiger partial charge in [0.25, 0.3) is 0 Å². The highest BCUT2D eigenvalue weighted by Gasteiger charge is 2.08. The van der Waals surface area contributed by atoms with E-state index in [0.717, 1.165) is 18.1 Å². The molecule has 0 aliphatic rings. The maximum Gasteiger partial charge on any atom is 0.213 e. The van der Waals surface area contributed by atoms with Crippen LogP contribution < -0.4 is 10.1 Å². The summed E-state index contributed by atoms with van der Waals surface area (Å²) in [6, 6.07) is 4.70. The van der Waals surface area contributed by atoms with Gasteiger partial charge in [0.2, 0.25) is 5.88 Å². The second-order valence-electron chi connectivity index (χ2n) is 6.13. The van der Waals surface area contributed by atoms with Crippen molar-refractivity contribution in [1.82, 2.24) is 10.3 Å². The quantitative estimate of drug-likeness (QED) is 0.814. The normalized spacial score (nSPS) is 11.6. The number of hydrogen-bond donors (Lipinski definition) is 1. The van der Waals surface area contributed by atoms with Crippen LogP contribution in [0.5, 0.6) is 5.88 Å². The van der Waals surface area contributed by atoms with Crippen LogP contribution in [0.1, 0.15) is 58.7 Å². The standard InChI is InChI=1S/C16H28N2O/c1-11(2)10-19-16-8-14(9-17-13(5)6)7-15(18-16)12(3)4/h7-8,11-13,17H,9-10H2,1-6H3. The third-order valence-corrected chi connectivity index (χ3v) is 2.75. The zero-order valence-electron chi connectivity index (χ0n) is 13.2. The van der Waals surface area contributed by atoms with Crippen molar-refractivity contribution in [2.24, 2.45) is 5.92 Å². The van der Waals surface area contributed by atoms with E-state index in [1.54, 1.807) is 0 Å². The van der Waals surface area contributed by atoms with Crippen LogP contribution in [0.4, 0.5) is 0 Å². The van der Waals surface area contributed by atoms with Gasteiger partial charge < -0.3 is 10.1 Å². The van der Waals surface area contributed by atoms with Crippen molar-refractivity contribution >= 4 is 0 Å². The van der Waals surface area contributed by atoms with Crippen LogP contribution in [0, 0.1) is 5.92 Å². The van der Waals surface area contributed by atoms with E-state index in [4.69, 9.17) is 4.74 Å². The lowest BCUT2D eigenvalue weighted by Crippen LogP contribution is -2.22. The molecule has 0 saturated carbocycles. The zero-order chi connectivity index (χ0) is 14.4. The van der Waals surface area contributed by atoms with E-state index in [0.29, 0.717) is 24.5 Å². The van der Waals surface area contributed by atoms with Crippen molar-refractivity contribution in [3.63, 3.8) is 0 Å². The Kier molecular flexibility index (Phi) is 6.29. The highest BCUT2D eigenvalue weighted by molar-refractivity contribution is 5.26. The van der Waals surface area contributed by atoms with Gasteiger partial charge in [-0.15, -0.1) is 0 Å². The Morgan fingerprint density at radius 1 is 1.11 bits per heavy atom. The Labute approximate surface area is 117 Å². The Morgan fingerprint density at radius 2 is 1.79 bits per heavy atom. The lowest BCUT2D eigenvalue weighted by atomic mass is 10.1. The lowest BCUT2D eigenvalue weighted by molar-refractivity contribution is 0.260. The number of nitrogens with one attached hydrogen (secondary N) is 1. The summed E-state index contributed by atoms with van der Waals surface area (Å²) in [5.74, 6) is 1.68. The van der Waals surface area contributed by atoms with Gasteiger partial charge in [-0.05, 0) is 23.5 Å². The van der Waals surface area contributed by atoms with E-state index in [9.17, 15) is 0 Å². The van der Waals surface area contributed by atoms with Gasteiger partial charge in [0, 0.05) is 24.3 Å². The molecular weight excluding hydrogens is 236 g/mol. The van der Waals surface area contributed by atoms with Gasteiger partial charge in [-0.25, -0.2) is 4.98 Å². The van der Waals surface area contributed by atoms with Crippen LogP contribution in [0.2, 0.25) is 0 Å². The molecule has 0 aliphatic carbocycles. The van der Waals surface area contributed by atoms with Crippen LogP contribution in [0.25, 0.3) is 0 Å². The number of ether oxygens (including phenoxy) is 1. The van der Waals surface area contributed by atoms with Gasteiger partial charge >= 0.3 is 0 Å². The molecule has 3 heteroatoms. The summed E-state index contributed by atoms with van der Waals surface area (Å²) < 4.78 is 5.77. The van der Waals surface area contributed by atoms with Crippen LogP contribution in [-0.2, 0) is 6.54 Å². The molecule has 1 aromatic rings. The Morgan fingerprint density at radius 3 is 2.32 bits per heavy atom. The molecule has 1 aromatic heterocycles. The molecule has 1 N–H and O–H groups in total. The SMILES string of the molecule is CC(C)COc1cc(CNC(C)C)cc(C(C)C)n1. The zero-order valence-corrected chi connectivity index (χ0v) is 13.2. The fourth-order valence-corrected chi connectivity index (χ4v) is 1.63. The van der Waals surface area contributed by atoms with Crippen molar-refractivity contribution in [3.05, 3.63) is 23.4 Å². The first-order valence-electron chi connectivity index (χ1n) is 7.25. The summed E-state index contributed by atoms with van der Waals surface area (Å²) in [6.45, 7) is 14.5. The molecule has 0 unspecified atom stereocenters. The molecule has 0 spiro atoms. The lowest BCUT2D eigenvalue weighted by Gasteiger charge is -2.14. The molecular formula is C16H28N2O. The molecule has 19 heavy (non-hydrogen) atoms. The number of hydrogen-bond acceptors (Lipinski definition) is 3. The average Bonchev–Trinajstić information content (AvgIpc) is 2.33. The molecule has 0 fully saturated rings. The summed E-state index contributed by atoms with van der Waals surface area (Å²) in [5, 5.41) is 3.44. The summed E-state index contributed by atoms with van der Waals surface area (Å²) in [4.78, 5) is 4.58. The van der Waals surface area contributed by atoms with E-state index in [1.165, 1.54) is 5.56 Å². The van der Waals surface area contributed by atoms with Crippen molar-refractivity contribution in [2.45, 2.75) is 60.0 Å². The number of rotatable bonds is 7. The van der Waals surface area contributed by atoms with Crippen molar-refractivity contribution < 1.29 is 4.74 Å². The molecule has 0 saturated heterocycles. The van der Waals surface area contributed by atoms with Gasteiger partial charge in [0.1, 0.15) is 0 Å². The molecule has 0 aliphatic heterocycles. The third-order valence-electron chi connectivity index (χ3n) is 2.75. The summed E-state index contributed by atoms with van der Waals surface area (Å²) in [7, 11) is 0. The molecule has 0 bridgehead atoms. The van der Waals surface area contributed by atoms with E-state index in [1.807, 2.05) is 6.07 Å². The van der Waals surface area contributed by atoms with Gasteiger partial charge in [-0.1, -0.05) is 41.5 Å². The number of pyridine rings is 1. The predicted molar refractivity (Wildman–Crippen MR) is 80.6 cm³/mol. The van der Waals surface area contributed by atoms with Gasteiger partial charge in [-0.2, -0.15) is 0 Å². The highest BCUT2D eigenvalue weighted by Crippen LogP contribution is 2.19. The van der Waals surface area contributed by atoms with Gasteiger partial charge in [-0.3, -0.25) is 0 Å². The Hall–Kier alpha value is -1.09. The van der Waals surface area contributed by atoms with Crippen LogP contribution in [0.15, 0.2) is 12.1 Å². The van der Waals surface area contributed by atoms with Crippen LogP contribution >= 0.6 is 0 Å². The molecule has 0 atom stereocenters. The van der Waals surface area contributed by atoms with Gasteiger partial charge in [0.15, 0.2) is 0 Å². The molecule has 1 rings (SSSR count). The second kappa shape index (κ2) is 7.49. The fourth-order valence-electron chi connectivity index (χ4n) is 1.63. The molecule has 0 amide bonds. The summed E-state index contributed by atoms with van der Waals surface area (Å²) in [5.41, 5.74) is 2.34. The van der Waals surface area contributed by atoms with Crippen molar-refractivity contribution in [2.75, 3.05) is 6.61 Å². The number of nitrogens with zero attached hydrogens (tertiary/aromatic N) is 1. The smallest absolute Gasteiger partial charge is 0.213 e. The van der Waals surface area contributed by atoms with Gasteiger partial charge in [0.05, 0.1) is 6.61 Å². The monoisotopic (exact) mass is 264 g/mol. The molecule has 0 radical (unpaired) electrons. The highest BCUT2D eigenvalue weighted by atomic mass is 16.5. The minimum atomic E-state index is 0.417. The number of aromatic nitrogens is 1. The minimum Gasteiger partial charge on any atom is -0.477 e. The van der Waals surface area contributed by atoms with E-state index >= 15 is 0 Å². The largest absolute Gasteiger partial charge is 0.477 e. The molecule has 108 valence electrons. The maximum atomic E-state index is 5.77. The summed E-state index contributed by atoms with van der Waals surface area (Å²) in [6.07, 6.45) is 0. The summed E-state index contributed by atoms with van der Waals surface area (Å²) >= 11 is 0. The Bertz CT molecular complexity index is 356. The van der Waals surface area contributed by atoms with Crippen molar-refractivity contribution in [3.8, 4) is 5.88 Å². The van der Waals surface area contributed by atoms with Crippen molar-refractivity contribution in [1.29, 1.82) is 0 Å². The average molecular weight is 264 g/mol. The maximum absolute atomic E-state index is 5.77. The van der Waals surface area contributed by atoms with E-state index < -0.39 is 0 Å². The first-order valence-corrected chi connectivity index (χ1v) is 7.25. The third kappa shape index (κ3) is 6.06.